The van der Waals surface area contributed by atoms with Crippen LogP contribution in [0.5, 0.6) is 0 Å². The van der Waals surface area contributed by atoms with Crippen LogP contribution in [0.3, 0.4) is 0 Å². The van der Waals surface area contributed by atoms with Crippen LogP contribution in [0.25, 0.3) is 0 Å². The minimum atomic E-state index is -4.39. The molecule has 0 amide bonds. The van der Waals surface area contributed by atoms with Gasteiger partial charge in [-0.3, -0.25) is 4.99 Å². The predicted octanol–water partition coefficient (Wildman–Crippen LogP) is 3.14. The van der Waals surface area contributed by atoms with Crippen LogP contribution in [-0.2, 0) is 19.1 Å². The lowest BCUT2D eigenvalue weighted by atomic mass is 10.2. The van der Waals surface area contributed by atoms with Crippen LogP contribution in [0.4, 0.5) is 18.9 Å². The minimum Gasteiger partial charge on any atom is -0.378 e. The van der Waals surface area contributed by atoms with Crippen molar-refractivity contribution in [3.8, 4) is 0 Å². The molecule has 0 aliphatic rings. The Bertz CT molecular complexity index is 740. The zero-order chi connectivity index (χ0) is 19.2. The molecule has 9 heteroatoms. The van der Waals surface area contributed by atoms with Crippen molar-refractivity contribution in [2.75, 3.05) is 32.6 Å². The molecule has 0 radical (unpaired) electrons. The van der Waals surface area contributed by atoms with E-state index in [1.54, 1.807) is 7.05 Å². The molecule has 0 bridgehead atoms. The van der Waals surface area contributed by atoms with E-state index in [9.17, 15) is 13.2 Å². The highest BCUT2D eigenvalue weighted by Crippen LogP contribution is 2.29. The number of halogens is 3. The average molecular weight is 385 g/mol. The summed E-state index contributed by atoms with van der Waals surface area (Å²) in [5, 5.41) is 7.76. The maximum absolute atomic E-state index is 12.5. The van der Waals surface area contributed by atoms with Crippen LogP contribution in [0, 0.1) is 0 Å². The fourth-order valence-corrected chi connectivity index (χ4v) is 3.00. The van der Waals surface area contributed by atoms with E-state index in [4.69, 9.17) is 0 Å². The SMILES string of the molecule is CN=C(NCCc1nc(C(F)(F)F)cs1)NCc1cccc(N(C)C)c1. The average Bonchev–Trinajstić information content (AvgIpc) is 3.07. The first kappa shape index (κ1) is 20.0. The monoisotopic (exact) mass is 385 g/mol. The second kappa shape index (κ2) is 8.88. The number of benzene rings is 1. The highest BCUT2D eigenvalue weighted by atomic mass is 32.1. The van der Waals surface area contributed by atoms with Gasteiger partial charge in [0.2, 0.25) is 0 Å². The van der Waals surface area contributed by atoms with Crippen LogP contribution in [-0.4, -0.2) is 38.6 Å². The molecule has 0 aliphatic heterocycles. The lowest BCUT2D eigenvalue weighted by molar-refractivity contribution is -0.140. The van der Waals surface area contributed by atoms with Gasteiger partial charge >= 0.3 is 6.18 Å². The molecule has 1 aromatic carbocycles. The number of nitrogens with one attached hydrogen (secondary N) is 2. The summed E-state index contributed by atoms with van der Waals surface area (Å²) in [5.74, 6) is 0.591. The van der Waals surface area contributed by atoms with Gasteiger partial charge in [0.25, 0.3) is 0 Å². The molecule has 0 spiro atoms. The van der Waals surface area contributed by atoms with Gasteiger partial charge in [0, 0.05) is 51.7 Å². The van der Waals surface area contributed by atoms with Crippen molar-refractivity contribution in [3.63, 3.8) is 0 Å². The van der Waals surface area contributed by atoms with Crippen molar-refractivity contribution in [2.24, 2.45) is 4.99 Å². The standard InChI is InChI=1S/C17H22F3N5S/c1-21-16(23-10-12-5-4-6-13(9-12)25(2)3)22-8-7-15-24-14(11-26-15)17(18,19)20/h4-6,9,11H,7-8,10H2,1-3H3,(H2,21,22,23). The first-order valence-electron chi connectivity index (χ1n) is 8.02. The summed E-state index contributed by atoms with van der Waals surface area (Å²) in [7, 11) is 5.61. The van der Waals surface area contributed by atoms with E-state index in [1.807, 2.05) is 37.2 Å². The Kier molecular flexibility index (Phi) is 6.84. The van der Waals surface area contributed by atoms with E-state index in [-0.39, 0.29) is 0 Å². The van der Waals surface area contributed by atoms with Crippen molar-refractivity contribution in [1.29, 1.82) is 0 Å². The molecular weight excluding hydrogens is 363 g/mol. The van der Waals surface area contributed by atoms with E-state index >= 15 is 0 Å². The van der Waals surface area contributed by atoms with Crippen molar-refractivity contribution in [3.05, 3.63) is 45.9 Å². The lowest BCUT2D eigenvalue weighted by Gasteiger charge is -2.15. The zero-order valence-electron chi connectivity index (χ0n) is 14.9. The first-order valence-corrected chi connectivity index (χ1v) is 8.90. The van der Waals surface area contributed by atoms with Crippen LogP contribution in [0.2, 0.25) is 0 Å². The second-order valence-electron chi connectivity index (χ2n) is 5.79. The van der Waals surface area contributed by atoms with Gasteiger partial charge in [-0.1, -0.05) is 12.1 Å². The Labute approximate surface area is 155 Å². The molecule has 142 valence electrons. The number of anilines is 1. The topological polar surface area (TPSA) is 52.6 Å². The molecular formula is C17H22F3N5S. The zero-order valence-corrected chi connectivity index (χ0v) is 15.7. The third-order valence-corrected chi connectivity index (χ3v) is 4.49. The maximum atomic E-state index is 12.5. The maximum Gasteiger partial charge on any atom is 0.434 e. The fourth-order valence-electron chi connectivity index (χ4n) is 2.19. The van der Waals surface area contributed by atoms with Gasteiger partial charge in [0.15, 0.2) is 11.7 Å². The van der Waals surface area contributed by atoms with Crippen LogP contribution < -0.4 is 15.5 Å². The Morgan fingerprint density at radius 3 is 2.65 bits per heavy atom. The molecule has 0 saturated carbocycles. The summed E-state index contributed by atoms with van der Waals surface area (Å²) in [6, 6.07) is 8.11. The number of aliphatic imine (C=N–C) groups is 1. The third kappa shape index (κ3) is 5.91. The van der Waals surface area contributed by atoms with Gasteiger partial charge in [0.05, 0.1) is 5.01 Å². The summed E-state index contributed by atoms with van der Waals surface area (Å²) >= 11 is 1.01. The van der Waals surface area contributed by atoms with E-state index in [2.05, 4.69) is 26.7 Å². The van der Waals surface area contributed by atoms with Crippen LogP contribution >= 0.6 is 11.3 Å². The molecule has 5 nitrogen and oxygen atoms in total. The number of hydrogen-bond donors (Lipinski definition) is 2. The van der Waals surface area contributed by atoms with E-state index in [0.29, 0.717) is 30.5 Å². The molecule has 2 rings (SSSR count). The molecule has 2 aromatic rings. The Morgan fingerprint density at radius 2 is 2.04 bits per heavy atom. The highest BCUT2D eigenvalue weighted by molar-refractivity contribution is 7.09. The molecule has 0 aliphatic carbocycles. The molecule has 0 saturated heterocycles. The van der Waals surface area contributed by atoms with Crippen molar-refractivity contribution < 1.29 is 13.2 Å². The Balaban J connectivity index is 1.81. The van der Waals surface area contributed by atoms with Gasteiger partial charge in [-0.05, 0) is 17.7 Å². The smallest absolute Gasteiger partial charge is 0.378 e. The van der Waals surface area contributed by atoms with Gasteiger partial charge in [0.1, 0.15) is 0 Å². The van der Waals surface area contributed by atoms with Crippen LogP contribution in [0.15, 0.2) is 34.6 Å². The molecule has 0 unspecified atom stereocenters. The summed E-state index contributed by atoms with van der Waals surface area (Å²) in [5.41, 5.74) is 1.38. The van der Waals surface area contributed by atoms with Crippen molar-refractivity contribution in [1.82, 2.24) is 15.6 Å². The molecule has 26 heavy (non-hydrogen) atoms. The van der Waals surface area contributed by atoms with Crippen molar-refractivity contribution in [2.45, 2.75) is 19.1 Å². The van der Waals surface area contributed by atoms with E-state index in [1.165, 1.54) is 0 Å². The molecule has 1 heterocycles. The molecule has 0 atom stereocenters. The number of aromatic nitrogens is 1. The normalized spacial score (nSPS) is 12.2. The number of alkyl halides is 3. The fraction of sp³-hybridized carbons (Fsp3) is 0.412. The van der Waals surface area contributed by atoms with E-state index in [0.717, 1.165) is 28.0 Å². The second-order valence-corrected chi connectivity index (χ2v) is 6.73. The molecule has 0 fully saturated rings. The van der Waals surface area contributed by atoms with Crippen molar-refractivity contribution >= 4 is 23.0 Å². The largest absolute Gasteiger partial charge is 0.434 e. The number of hydrogen-bond acceptors (Lipinski definition) is 4. The minimum absolute atomic E-state index is 0.400. The Morgan fingerprint density at radius 1 is 1.27 bits per heavy atom. The Hall–Kier alpha value is -2.29. The highest BCUT2D eigenvalue weighted by Gasteiger charge is 2.33. The summed E-state index contributed by atoms with van der Waals surface area (Å²) in [4.78, 5) is 9.76. The molecule has 2 N–H and O–H groups in total. The third-order valence-electron chi connectivity index (χ3n) is 3.58. The molecule has 1 aromatic heterocycles. The lowest BCUT2D eigenvalue weighted by Crippen LogP contribution is -2.37. The quantitative estimate of drug-likeness (QED) is 0.593. The van der Waals surface area contributed by atoms with E-state index < -0.39 is 11.9 Å². The summed E-state index contributed by atoms with van der Waals surface area (Å²) in [6.07, 6.45) is -3.99. The predicted molar refractivity (Wildman–Crippen MR) is 99.8 cm³/mol. The number of guanidine groups is 1. The number of thiazole rings is 1. The van der Waals surface area contributed by atoms with Gasteiger partial charge in [-0.25, -0.2) is 4.98 Å². The van der Waals surface area contributed by atoms with Gasteiger partial charge < -0.3 is 15.5 Å². The number of rotatable bonds is 6. The first-order chi connectivity index (χ1) is 12.3. The number of nitrogens with zero attached hydrogens (tertiary/aromatic N) is 3. The van der Waals surface area contributed by atoms with Crippen LogP contribution in [0.1, 0.15) is 16.3 Å². The summed E-state index contributed by atoms with van der Waals surface area (Å²) in [6.45, 7) is 1.04. The summed E-state index contributed by atoms with van der Waals surface area (Å²) < 4.78 is 37.6. The van der Waals surface area contributed by atoms with Gasteiger partial charge in [-0.15, -0.1) is 11.3 Å². The van der Waals surface area contributed by atoms with Gasteiger partial charge in [-0.2, -0.15) is 13.2 Å².